The maximum Gasteiger partial charge on any atom is 0.111 e. The number of hydrogen-bond donors (Lipinski definition) is 0. The van der Waals surface area contributed by atoms with E-state index in [1.54, 1.807) is 0 Å². The molecule has 0 N–H and O–H groups in total. The minimum Gasteiger partial charge on any atom is -0.297 e. The highest BCUT2D eigenvalue weighted by atomic mass is 15.1. The van der Waals surface area contributed by atoms with Gasteiger partial charge in [0, 0.05) is 5.69 Å². The zero-order chi connectivity index (χ0) is 33.9. The smallest absolute Gasteiger partial charge is 0.111 e. The van der Waals surface area contributed by atoms with Crippen molar-refractivity contribution in [3.63, 3.8) is 0 Å². The molecule has 0 radical (unpaired) electrons. The summed E-state index contributed by atoms with van der Waals surface area (Å²) in [4.78, 5) is 4.80. The van der Waals surface area contributed by atoms with Gasteiger partial charge in [-0.05, 0) is 116 Å². The molecular weight excluding hydrogens is 617 g/mol. The molecule has 51 heavy (non-hydrogen) atoms. The first-order valence-electron chi connectivity index (χ1n) is 17.6. The molecule has 1 aliphatic rings. The molecule has 10 rings (SSSR count). The van der Waals surface area contributed by atoms with E-state index < -0.39 is 5.41 Å². The minimum atomic E-state index is -0.497. The fourth-order valence-electron chi connectivity index (χ4n) is 8.49. The van der Waals surface area contributed by atoms with Crippen LogP contribution in [0.4, 0.5) is 0 Å². The van der Waals surface area contributed by atoms with Crippen LogP contribution >= 0.6 is 0 Å². The summed E-state index contributed by atoms with van der Waals surface area (Å²) in [7, 11) is 0. The number of benzene rings is 8. The molecule has 0 saturated carbocycles. The topological polar surface area (TPSA) is 17.8 Å². The molecule has 0 bridgehead atoms. The lowest BCUT2D eigenvalue weighted by Crippen LogP contribution is -2.28. The van der Waals surface area contributed by atoms with E-state index in [1.165, 1.54) is 66.4 Å². The summed E-state index contributed by atoms with van der Waals surface area (Å²) in [5.41, 5.74) is 15.3. The van der Waals surface area contributed by atoms with Gasteiger partial charge in [0.05, 0.1) is 16.4 Å². The second-order valence-corrected chi connectivity index (χ2v) is 13.6. The van der Waals surface area contributed by atoms with Crippen molar-refractivity contribution in [2.75, 3.05) is 0 Å². The molecule has 0 atom stereocenters. The molecule has 1 aliphatic carbocycles. The van der Waals surface area contributed by atoms with Crippen molar-refractivity contribution in [3.05, 3.63) is 216 Å². The molecule has 0 spiro atoms. The Morgan fingerprint density at radius 3 is 1.61 bits per heavy atom. The molecule has 0 amide bonds. The summed E-state index contributed by atoms with van der Waals surface area (Å²) in [6, 6.07) is 69.0. The molecule has 1 heterocycles. The number of aryl methyl sites for hydroxylation is 1. The van der Waals surface area contributed by atoms with E-state index in [4.69, 9.17) is 4.98 Å². The average Bonchev–Trinajstić information content (AvgIpc) is 3.69. The van der Waals surface area contributed by atoms with E-state index in [1.807, 2.05) is 6.07 Å². The molecule has 0 unspecified atom stereocenters. The van der Waals surface area contributed by atoms with E-state index in [0.29, 0.717) is 0 Å². The van der Waals surface area contributed by atoms with Gasteiger partial charge in [-0.25, -0.2) is 4.98 Å². The number of para-hydroxylation sites is 2. The molecule has 0 aliphatic heterocycles. The van der Waals surface area contributed by atoms with Crippen LogP contribution in [0.5, 0.6) is 0 Å². The molecule has 2 nitrogen and oxygen atoms in total. The molecule has 0 fully saturated rings. The van der Waals surface area contributed by atoms with Crippen LogP contribution in [0.3, 0.4) is 0 Å². The monoisotopic (exact) mass is 650 g/mol. The normalized spacial score (nSPS) is 13.0. The second kappa shape index (κ2) is 11.5. The fraction of sp³-hybridized carbons (Fsp3) is 0.0408. The van der Waals surface area contributed by atoms with Gasteiger partial charge in [0.2, 0.25) is 0 Å². The number of rotatable bonds is 5. The summed E-state index contributed by atoms with van der Waals surface area (Å²) in [6.45, 7) is 2.07. The zero-order valence-electron chi connectivity index (χ0n) is 28.3. The number of imidazole rings is 1. The highest BCUT2D eigenvalue weighted by Gasteiger charge is 2.46. The quantitative estimate of drug-likeness (QED) is 0.181. The lowest BCUT2D eigenvalue weighted by Gasteiger charge is -2.34. The third kappa shape index (κ3) is 4.53. The molecule has 8 aromatic carbocycles. The largest absolute Gasteiger partial charge is 0.297 e. The van der Waals surface area contributed by atoms with Crippen LogP contribution in [0, 0.1) is 6.92 Å². The second-order valence-electron chi connectivity index (χ2n) is 13.6. The van der Waals surface area contributed by atoms with Crippen molar-refractivity contribution >= 4 is 21.8 Å². The Kier molecular flexibility index (Phi) is 6.65. The van der Waals surface area contributed by atoms with E-state index in [9.17, 15) is 0 Å². The summed E-state index contributed by atoms with van der Waals surface area (Å²) in [6.07, 6.45) is 0. The Hall–Kier alpha value is -6.51. The van der Waals surface area contributed by atoms with Gasteiger partial charge < -0.3 is 0 Å². The number of hydrogen-bond acceptors (Lipinski definition) is 1. The highest BCUT2D eigenvalue weighted by Crippen LogP contribution is 2.57. The Morgan fingerprint density at radius 2 is 0.941 bits per heavy atom. The summed E-state index contributed by atoms with van der Waals surface area (Å²) in [5.74, 6) is 0.984. The minimum absolute atomic E-state index is 0.497. The predicted molar refractivity (Wildman–Crippen MR) is 211 cm³/mol. The maximum atomic E-state index is 4.80. The van der Waals surface area contributed by atoms with Gasteiger partial charge in [-0.3, -0.25) is 4.57 Å². The molecule has 240 valence electrons. The van der Waals surface area contributed by atoms with Crippen LogP contribution in [-0.2, 0) is 5.41 Å². The summed E-state index contributed by atoms with van der Waals surface area (Å²) in [5, 5.41) is 2.51. The molecule has 2 heteroatoms. The summed E-state index contributed by atoms with van der Waals surface area (Å²) < 4.78 is 2.24. The Morgan fingerprint density at radius 1 is 0.431 bits per heavy atom. The Labute approximate surface area is 298 Å². The average molecular weight is 651 g/mol. The first kappa shape index (κ1) is 29.4. The number of nitrogens with zero attached hydrogens (tertiary/aromatic N) is 2. The molecule has 0 saturated heterocycles. The molecule has 1 aromatic heterocycles. The van der Waals surface area contributed by atoms with E-state index >= 15 is 0 Å². The van der Waals surface area contributed by atoms with Crippen LogP contribution in [-0.4, -0.2) is 9.55 Å². The van der Waals surface area contributed by atoms with Crippen molar-refractivity contribution in [1.82, 2.24) is 9.55 Å². The van der Waals surface area contributed by atoms with Crippen LogP contribution in [0.25, 0.3) is 60.9 Å². The van der Waals surface area contributed by atoms with Crippen LogP contribution in [0.1, 0.15) is 28.1 Å². The van der Waals surface area contributed by atoms with Gasteiger partial charge in [0.25, 0.3) is 0 Å². The van der Waals surface area contributed by atoms with E-state index in [2.05, 4.69) is 193 Å². The van der Waals surface area contributed by atoms with Gasteiger partial charge in [-0.2, -0.15) is 0 Å². The van der Waals surface area contributed by atoms with Crippen molar-refractivity contribution < 1.29 is 0 Å². The van der Waals surface area contributed by atoms with E-state index in [-0.39, 0.29) is 0 Å². The third-order valence-electron chi connectivity index (χ3n) is 10.8. The van der Waals surface area contributed by atoms with E-state index in [0.717, 1.165) is 22.5 Å². The van der Waals surface area contributed by atoms with Crippen LogP contribution in [0.15, 0.2) is 188 Å². The van der Waals surface area contributed by atoms with Gasteiger partial charge in [0.15, 0.2) is 0 Å². The first-order valence-corrected chi connectivity index (χ1v) is 17.6. The number of fused-ring (bicyclic) bond motifs is 5. The highest BCUT2D eigenvalue weighted by molar-refractivity contribution is 5.92. The standard InChI is InChI=1S/C49H34N2/c1-33-50-47-18-10-11-19-48(47)51(33)42-26-22-35(23-27-42)38-24-28-43-44-29-25-39(37-21-20-34-12-8-9-13-36(34)30-37)32-46(44)49(45(43)31-38,40-14-4-2-5-15-40)41-16-6-3-7-17-41/h2-32H,1H3. The lowest BCUT2D eigenvalue weighted by atomic mass is 9.67. The molecular formula is C49H34N2. The van der Waals surface area contributed by atoms with Gasteiger partial charge >= 0.3 is 0 Å². The van der Waals surface area contributed by atoms with Crippen molar-refractivity contribution in [2.24, 2.45) is 0 Å². The van der Waals surface area contributed by atoms with Gasteiger partial charge in [-0.1, -0.05) is 146 Å². The zero-order valence-corrected chi connectivity index (χ0v) is 28.3. The maximum absolute atomic E-state index is 4.80. The van der Waals surface area contributed by atoms with Crippen molar-refractivity contribution in [2.45, 2.75) is 12.3 Å². The van der Waals surface area contributed by atoms with Gasteiger partial charge in [0.1, 0.15) is 5.82 Å². The summed E-state index contributed by atoms with van der Waals surface area (Å²) >= 11 is 0. The third-order valence-corrected chi connectivity index (χ3v) is 10.8. The first-order chi connectivity index (χ1) is 25.2. The fourth-order valence-corrected chi connectivity index (χ4v) is 8.49. The van der Waals surface area contributed by atoms with Crippen LogP contribution < -0.4 is 0 Å². The lowest BCUT2D eigenvalue weighted by molar-refractivity contribution is 0.769. The predicted octanol–water partition coefficient (Wildman–Crippen LogP) is 12.2. The Balaban J connectivity index is 1.17. The van der Waals surface area contributed by atoms with Gasteiger partial charge in [-0.15, -0.1) is 0 Å². The van der Waals surface area contributed by atoms with Crippen molar-refractivity contribution in [1.29, 1.82) is 0 Å². The SMILES string of the molecule is Cc1nc2ccccc2n1-c1ccc(-c2ccc3c(c2)C(c2ccccc2)(c2ccccc2)c2cc(-c4ccc5ccccc5c4)ccc2-3)cc1. The van der Waals surface area contributed by atoms with Crippen molar-refractivity contribution in [3.8, 4) is 39.1 Å². The number of aromatic nitrogens is 2. The van der Waals surface area contributed by atoms with Crippen LogP contribution in [0.2, 0.25) is 0 Å². The molecule has 9 aromatic rings. The Bertz CT molecular complexity index is 2700.